The molecular weight excluding hydrogens is 551 g/mol. The summed E-state index contributed by atoms with van der Waals surface area (Å²) in [6.07, 6.45) is 0.0944. The summed E-state index contributed by atoms with van der Waals surface area (Å²) in [7, 11) is -3.75. The highest BCUT2D eigenvalue weighted by Crippen LogP contribution is 2.57. The van der Waals surface area contributed by atoms with E-state index >= 15 is 0 Å². The molecule has 0 saturated heterocycles. The van der Waals surface area contributed by atoms with Crippen LogP contribution in [-0.2, 0) is 30.5 Å². The number of ether oxygens (including phenoxy) is 1. The van der Waals surface area contributed by atoms with Gasteiger partial charge >= 0.3 is 12.1 Å². The summed E-state index contributed by atoms with van der Waals surface area (Å²) in [6.45, 7) is 3.86. The summed E-state index contributed by atoms with van der Waals surface area (Å²) >= 11 is 0. The van der Waals surface area contributed by atoms with Crippen LogP contribution in [-0.4, -0.2) is 57.1 Å². The average Bonchev–Trinajstić information content (AvgIpc) is 3.33. The third-order valence-electron chi connectivity index (χ3n) is 6.89. The molecule has 1 unspecified atom stereocenters. The van der Waals surface area contributed by atoms with E-state index < -0.39 is 47.1 Å². The van der Waals surface area contributed by atoms with Gasteiger partial charge in [-0.1, -0.05) is 24.3 Å². The zero-order valence-electron chi connectivity index (χ0n) is 22.1. The SMILES string of the molecule is CC[C@@H]1CN(Cc2cc(C(CCc3cn(CC)nn3)CC(=O)O)ccc2C(F)(F)F)S(O)(O)c2cnccc2O1. The third kappa shape index (κ3) is 6.74. The first-order valence-corrected chi connectivity index (χ1v) is 14.4. The molecule has 40 heavy (non-hydrogen) atoms. The molecule has 10 nitrogen and oxygen atoms in total. The lowest BCUT2D eigenvalue weighted by Gasteiger charge is -2.41. The standard InChI is InChI=1S/C26H32F3N5O5S/c1-3-21-16-34(40(37,38)24-13-30-10-9-23(24)39-21)14-19-11-17(6-8-22(19)26(27,28)29)18(12-25(35)36)5-7-20-15-33(4-2)32-31-20/h6,8-11,13,15,18,21,37-38H,3-5,7,12,14,16H2,1-2H3,(H,35,36)/t18?,21-/m1/s1. The largest absolute Gasteiger partial charge is 0.487 e. The molecule has 0 aliphatic carbocycles. The quantitative estimate of drug-likeness (QED) is 0.279. The van der Waals surface area contributed by atoms with Crippen LogP contribution in [0.1, 0.15) is 61.4 Å². The lowest BCUT2D eigenvalue weighted by Crippen LogP contribution is -2.35. The number of rotatable bonds is 10. The highest BCUT2D eigenvalue weighted by Gasteiger charge is 2.39. The van der Waals surface area contributed by atoms with Crippen LogP contribution in [0.15, 0.2) is 47.8 Å². The Labute approximate surface area is 231 Å². The summed E-state index contributed by atoms with van der Waals surface area (Å²) in [5, 5.41) is 17.6. The van der Waals surface area contributed by atoms with Gasteiger partial charge in [0.05, 0.1) is 30.4 Å². The summed E-state index contributed by atoms with van der Waals surface area (Å²) in [4.78, 5) is 15.6. The van der Waals surface area contributed by atoms with Crippen molar-refractivity contribution in [2.24, 2.45) is 0 Å². The van der Waals surface area contributed by atoms with Gasteiger partial charge in [-0.25, -0.2) is 0 Å². The second-order valence-electron chi connectivity index (χ2n) is 9.63. The van der Waals surface area contributed by atoms with E-state index in [1.54, 1.807) is 10.9 Å². The first-order valence-electron chi connectivity index (χ1n) is 12.9. The summed E-state index contributed by atoms with van der Waals surface area (Å²) < 4.78 is 73.6. The van der Waals surface area contributed by atoms with Crippen LogP contribution in [0.25, 0.3) is 0 Å². The van der Waals surface area contributed by atoms with E-state index in [0.29, 0.717) is 37.1 Å². The van der Waals surface area contributed by atoms with Gasteiger partial charge in [-0.3, -0.25) is 23.6 Å². The normalized spacial score (nSPS) is 18.8. The molecule has 0 amide bonds. The van der Waals surface area contributed by atoms with E-state index in [-0.39, 0.29) is 29.2 Å². The van der Waals surface area contributed by atoms with Gasteiger partial charge in [-0.15, -0.1) is 15.9 Å². The van der Waals surface area contributed by atoms with Gasteiger partial charge in [0.25, 0.3) is 0 Å². The number of aliphatic carboxylic acids is 1. The molecule has 1 aliphatic rings. The number of hydrogen-bond donors (Lipinski definition) is 3. The minimum absolute atomic E-state index is 0.000423. The van der Waals surface area contributed by atoms with Gasteiger partial charge < -0.3 is 9.84 Å². The third-order valence-corrected chi connectivity index (χ3v) is 8.79. The number of nitrogens with zero attached hydrogens (tertiary/aromatic N) is 5. The molecule has 0 fully saturated rings. The van der Waals surface area contributed by atoms with Crippen LogP contribution in [0.4, 0.5) is 13.2 Å². The predicted octanol–water partition coefficient (Wildman–Crippen LogP) is 5.60. The molecule has 1 aromatic carbocycles. The molecule has 0 bridgehead atoms. The Balaban J connectivity index is 1.70. The number of aryl methyl sites for hydroxylation is 2. The Morgan fingerprint density at radius 2 is 2.02 bits per heavy atom. The molecule has 3 heterocycles. The van der Waals surface area contributed by atoms with Crippen molar-refractivity contribution < 1.29 is 36.9 Å². The first kappa shape index (κ1) is 29.8. The molecule has 4 rings (SSSR count). The highest BCUT2D eigenvalue weighted by atomic mass is 32.3. The number of carbonyl (C=O) groups is 1. The van der Waals surface area contributed by atoms with E-state index in [2.05, 4.69) is 15.3 Å². The van der Waals surface area contributed by atoms with E-state index in [1.807, 2.05) is 13.8 Å². The minimum atomic E-state index is -4.72. The van der Waals surface area contributed by atoms with E-state index in [4.69, 9.17) is 4.74 Å². The number of alkyl halides is 3. The van der Waals surface area contributed by atoms with Crippen molar-refractivity contribution in [1.29, 1.82) is 0 Å². The van der Waals surface area contributed by atoms with Gasteiger partial charge in [0, 0.05) is 31.5 Å². The average molecular weight is 584 g/mol. The van der Waals surface area contributed by atoms with Crippen LogP contribution in [0.2, 0.25) is 0 Å². The van der Waals surface area contributed by atoms with Gasteiger partial charge in [-0.2, -0.15) is 17.5 Å². The maximum atomic E-state index is 14.1. The first-order chi connectivity index (χ1) is 18.9. The van der Waals surface area contributed by atoms with Crippen LogP contribution >= 0.6 is 10.8 Å². The molecule has 1 aliphatic heterocycles. The number of hydrogen-bond acceptors (Lipinski definition) is 8. The second-order valence-corrected chi connectivity index (χ2v) is 11.6. The van der Waals surface area contributed by atoms with Gasteiger partial charge in [0.1, 0.15) is 16.7 Å². The Morgan fingerprint density at radius 3 is 2.67 bits per heavy atom. The Hall–Kier alpha value is -3.20. The zero-order chi connectivity index (χ0) is 29.1. The Bertz CT molecular complexity index is 1340. The topological polar surface area (TPSA) is 134 Å². The summed E-state index contributed by atoms with van der Waals surface area (Å²) in [5.41, 5.74) is -0.0683. The molecule has 3 aromatic rings. The number of fused-ring (bicyclic) bond motifs is 1. The van der Waals surface area contributed by atoms with Crippen molar-refractivity contribution in [2.75, 3.05) is 6.54 Å². The molecule has 0 radical (unpaired) electrons. The molecule has 14 heteroatoms. The number of benzene rings is 1. The number of carboxylic acid groups (broad SMARTS) is 1. The minimum Gasteiger partial charge on any atom is -0.487 e. The molecule has 0 saturated carbocycles. The van der Waals surface area contributed by atoms with Gasteiger partial charge in [-0.05, 0) is 49.3 Å². The fourth-order valence-corrected chi connectivity index (χ4v) is 6.28. The fraction of sp³-hybridized carbons (Fsp3) is 0.462. The van der Waals surface area contributed by atoms with Crippen LogP contribution < -0.4 is 4.74 Å². The molecule has 218 valence electrons. The molecular formula is C26H32F3N5O5S. The highest BCUT2D eigenvalue weighted by molar-refractivity contribution is 8.22. The molecule has 2 aromatic heterocycles. The smallest absolute Gasteiger partial charge is 0.416 e. The Morgan fingerprint density at radius 1 is 1.25 bits per heavy atom. The molecule has 2 atom stereocenters. The van der Waals surface area contributed by atoms with Crippen molar-refractivity contribution in [3.8, 4) is 5.75 Å². The number of halogens is 3. The molecule has 0 spiro atoms. The van der Waals surface area contributed by atoms with Crippen LogP contribution in [0.5, 0.6) is 5.75 Å². The van der Waals surface area contributed by atoms with Crippen LogP contribution in [0.3, 0.4) is 0 Å². The van der Waals surface area contributed by atoms with E-state index in [9.17, 15) is 32.2 Å². The zero-order valence-corrected chi connectivity index (χ0v) is 22.9. The van der Waals surface area contributed by atoms with Crippen molar-refractivity contribution in [3.05, 3.63) is 65.2 Å². The van der Waals surface area contributed by atoms with E-state index in [0.717, 1.165) is 6.07 Å². The van der Waals surface area contributed by atoms with Crippen molar-refractivity contribution >= 4 is 16.7 Å². The summed E-state index contributed by atoms with van der Waals surface area (Å²) in [6, 6.07) is 5.04. The maximum absolute atomic E-state index is 14.1. The molecule has 3 N–H and O–H groups in total. The predicted molar refractivity (Wildman–Crippen MR) is 141 cm³/mol. The lowest BCUT2D eigenvalue weighted by atomic mass is 9.88. The van der Waals surface area contributed by atoms with Crippen molar-refractivity contribution in [2.45, 2.75) is 75.7 Å². The monoisotopic (exact) mass is 583 g/mol. The van der Waals surface area contributed by atoms with Crippen molar-refractivity contribution in [3.63, 3.8) is 0 Å². The fourth-order valence-electron chi connectivity index (χ4n) is 4.72. The Kier molecular flexibility index (Phi) is 9.02. The van der Waals surface area contributed by atoms with Crippen molar-refractivity contribution in [1.82, 2.24) is 24.3 Å². The lowest BCUT2D eigenvalue weighted by molar-refractivity contribution is -0.139. The number of carboxylic acids is 1. The summed E-state index contributed by atoms with van der Waals surface area (Å²) in [5.74, 6) is -1.47. The van der Waals surface area contributed by atoms with Gasteiger partial charge in [0.15, 0.2) is 0 Å². The maximum Gasteiger partial charge on any atom is 0.416 e. The number of aromatic nitrogens is 4. The number of pyridine rings is 1. The second kappa shape index (κ2) is 12.1. The van der Waals surface area contributed by atoms with E-state index in [1.165, 1.54) is 34.9 Å². The van der Waals surface area contributed by atoms with Gasteiger partial charge in [0.2, 0.25) is 0 Å². The van der Waals surface area contributed by atoms with Crippen LogP contribution in [0, 0.1) is 0 Å².